The van der Waals surface area contributed by atoms with Crippen molar-refractivity contribution in [1.82, 2.24) is 0 Å². The van der Waals surface area contributed by atoms with Gasteiger partial charge in [-0.15, -0.1) is 0 Å². The molecule has 0 aromatic carbocycles. The summed E-state index contributed by atoms with van der Waals surface area (Å²) in [5.41, 5.74) is 5.53. The van der Waals surface area contributed by atoms with Gasteiger partial charge in [-0.1, -0.05) is 6.92 Å². The monoisotopic (exact) mass is 263 g/mol. The van der Waals surface area contributed by atoms with Crippen LogP contribution in [0.2, 0.25) is 0 Å². The molecule has 5 heteroatoms. The van der Waals surface area contributed by atoms with Crippen LogP contribution in [0.1, 0.15) is 32.6 Å². The largest absolute Gasteiger partial charge is 0.394 e. The SMILES string of the molecule is CCC(N)(CO)CCCOCCCOCCOC. The summed E-state index contributed by atoms with van der Waals surface area (Å²) in [4.78, 5) is 0. The van der Waals surface area contributed by atoms with E-state index in [2.05, 4.69) is 0 Å². The van der Waals surface area contributed by atoms with E-state index in [1.165, 1.54) is 0 Å². The Balaban J connectivity index is 3.21. The van der Waals surface area contributed by atoms with Crippen molar-refractivity contribution in [3.63, 3.8) is 0 Å². The Morgan fingerprint density at radius 2 is 1.61 bits per heavy atom. The number of methoxy groups -OCH3 is 1. The lowest BCUT2D eigenvalue weighted by Gasteiger charge is -2.25. The fourth-order valence-corrected chi connectivity index (χ4v) is 1.50. The molecule has 0 saturated heterocycles. The van der Waals surface area contributed by atoms with Crippen LogP contribution in [0.25, 0.3) is 0 Å². The highest BCUT2D eigenvalue weighted by Crippen LogP contribution is 2.13. The third kappa shape index (κ3) is 9.79. The Bertz CT molecular complexity index is 174. The van der Waals surface area contributed by atoms with E-state index in [-0.39, 0.29) is 6.61 Å². The molecule has 18 heavy (non-hydrogen) atoms. The lowest BCUT2D eigenvalue weighted by atomic mass is 9.93. The van der Waals surface area contributed by atoms with Crippen LogP contribution in [0.4, 0.5) is 0 Å². The second-order valence-corrected chi connectivity index (χ2v) is 4.55. The van der Waals surface area contributed by atoms with Crippen molar-refractivity contribution < 1.29 is 19.3 Å². The third-order valence-corrected chi connectivity index (χ3v) is 2.99. The highest BCUT2D eigenvalue weighted by Gasteiger charge is 2.20. The van der Waals surface area contributed by atoms with Crippen molar-refractivity contribution >= 4 is 0 Å². The molecule has 0 aromatic heterocycles. The van der Waals surface area contributed by atoms with Gasteiger partial charge in [0.2, 0.25) is 0 Å². The Labute approximate surface area is 111 Å². The van der Waals surface area contributed by atoms with Crippen LogP contribution in [0.3, 0.4) is 0 Å². The first-order chi connectivity index (χ1) is 8.68. The van der Waals surface area contributed by atoms with Crippen LogP contribution in [0, 0.1) is 0 Å². The topological polar surface area (TPSA) is 73.9 Å². The van der Waals surface area contributed by atoms with Crippen LogP contribution in [0.5, 0.6) is 0 Å². The van der Waals surface area contributed by atoms with Crippen LogP contribution < -0.4 is 5.73 Å². The molecule has 0 heterocycles. The Morgan fingerprint density at radius 3 is 2.17 bits per heavy atom. The lowest BCUT2D eigenvalue weighted by Crippen LogP contribution is -2.43. The van der Waals surface area contributed by atoms with Crippen LogP contribution in [-0.4, -0.2) is 57.4 Å². The van der Waals surface area contributed by atoms with Crippen molar-refractivity contribution in [3.05, 3.63) is 0 Å². The molecule has 110 valence electrons. The molecule has 5 nitrogen and oxygen atoms in total. The van der Waals surface area contributed by atoms with Gasteiger partial charge in [-0.3, -0.25) is 0 Å². The maximum atomic E-state index is 9.14. The van der Waals surface area contributed by atoms with Crippen molar-refractivity contribution in [2.24, 2.45) is 5.73 Å². The molecule has 0 aliphatic rings. The van der Waals surface area contributed by atoms with E-state index in [4.69, 9.17) is 25.1 Å². The van der Waals surface area contributed by atoms with Gasteiger partial charge in [-0.25, -0.2) is 0 Å². The number of nitrogens with two attached hydrogens (primary N) is 1. The molecule has 0 fully saturated rings. The first-order valence-electron chi connectivity index (χ1n) is 6.72. The summed E-state index contributed by atoms with van der Waals surface area (Å²) in [6.07, 6.45) is 3.36. The van der Waals surface area contributed by atoms with E-state index >= 15 is 0 Å². The van der Waals surface area contributed by atoms with E-state index in [0.717, 1.165) is 25.7 Å². The normalized spacial score (nSPS) is 14.7. The number of rotatable bonds is 13. The van der Waals surface area contributed by atoms with Crippen LogP contribution >= 0.6 is 0 Å². The fraction of sp³-hybridized carbons (Fsp3) is 1.00. The molecule has 1 atom stereocenters. The molecule has 0 saturated carbocycles. The van der Waals surface area contributed by atoms with E-state index in [1.54, 1.807) is 7.11 Å². The van der Waals surface area contributed by atoms with Gasteiger partial charge in [0, 0.05) is 32.5 Å². The van der Waals surface area contributed by atoms with Crippen LogP contribution in [0.15, 0.2) is 0 Å². The summed E-state index contributed by atoms with van der Waals surface area (Å²) in [5, 5.41) is 9.14. The van der Waals surface area contributed by atoms with Crippen molar-refractivity contribution in [3.8, 4) is 0 Å². The molecule has 0 amide bonds. The Kier molecular flexibility index (Phi) is 11.7. The number of aliphatic hydroxyl groups is 1. The molecule has 0 aliphatic heterocycles. The van der Waals surface area contributed by atoms with Crippen molar-refractivity contribution in [2.45, 2.75) is 38.1 Å². The van der Waals surface area contributed by atoms with Gasteiger partial charge >= 0.3 is 0 Å². The quantitative estimate of drug-likeness (QED) is 0.484. The lowest BCUT2D eigenvalue weighted by molar-refractivity contribution is 0.0495. The summed E-state index contributed by atoms with van der Waals surface area (Å²) in [5.74, 6) is 0. The minimum absolute atomic E-state index is 0.0385. The Morgan fingerprint density at radius 1 is 1.00 bits per heavy atom. The highest BCUT2D eigenvalue weighted by atomic mass is 16.5. The molecule has 0 radical (unpaired) electrons. The second-order valence-electron chi connectivity index (χ2n) is 4.55. The van der Waals surface area contributed by atoms with Gasteiger partial charge in [0.25, 0.3) is 0 Å². The highest BCUT2D eigenvalue weighted by molar-refractivity contribution is 4.81. The zero-order valence-corrected chi connectivity index (χ0v) is 11.8. The molecule has 0 spiro atoms. The predicted molar refractivity (Wildman–Crippen MR) is 71.7 cm³/mol. The third-order valence-electron chi connectivity index (χ3n) is 2.99. The standard InChI is InChI=1S/C13H29NO4/c1-3-13(14,12-15)6-4-7-17-8-5-9-18-11-10-16-2/h15H,3-12,14H2,1-2H3. The molecule has 0 bridgehead atoms. The zero-order valence-electron chi connectivity index (χ0n) is 11.8. The van der Waals surface area contributed by atoms with Gasteiger partial charge < -0.3 is 25.1 Å². The molecule has 0 aromatic rings. The van der Waals surface area contributed by atoms with E-state index in [1.807, 2.05) is 6.92 Å². The average molecular weight is 263 g/mol. The Hall–Kier alpha value is -0.200. The molecule has 0 rings (SSSR count). The summed E-state index contributed by atoms with van der Waals surface area (Å²) < 4.78 is 15.7. The van der Waals surface area contributed by atoms with Gasteiger partial charge in [0.05, 0.1) is 19.8 Å². The average Bonchev–Trinajstić information content (AvgIpc) is 2.40. The van der Waals surface area contributed by atoms with Gasteiger partial charge in [-0.2, -0.15) is 0 Å². The van der Waals surface area contributed by atoms with E-state index < -0.39 is 5.54 Å². The minimum Gasteiger partial charge on any atom is -0.394 e. The van der Waals surface area contributed by atoms with Crippen molar-refractivity contribution in [1.29, 1.82) is 0 Å². The van der Waals surface area contributed by atoms with Gasteiger partial charge in [-0.05, 0) is 25.7 Å². The smallest absolute Gasteiger partial charge is 0.0700 e. The van der Waals surface area contributed by atoms with Crippen molar-refractivity contribution in [2.75, 3.05) is 46.8 Å². The summed E-state index contributed by atoms with van der Waals surface area (Å²) in [7, 11) is 1.66. The minimum atomic E-state index is -0.438. The maximum absolute atomic E-state index is 9.14. The number of hydrogen-bond donors (Lipinski definition) is 2. The first kappa shape index (κ1) is 17.8. The van der Waals surface area contributed by atoms with Gasteiger partial charge in [0.15, 0.2) is 0 Å². The number of aliphatic hydroxyl groups excluding tert-OH is 1. The van der Waals surface area contributed by atoms with Crippen LogP contribution in [-0.2, 0) is 14.2 Å². The number of ether oxygens (including phenoxy) is 3. The molecule has 0 aliphatic carbocycles. The van der Waals surface area contributed by atoms with Gasteiger partial charge in [0.1, 0.15) is 0 Å². The predicted octanol–water partition coefficient (Wildman–Crippen LogP) is 0.936. The van der Waals surface area contributed by atoms with E-state index in [0.29, 0.717) is 33.0 Å². The van der Waals surface area contributed by atoms with E-state index in [9.17, 15) is 0 Å². The molecular formula is C13H29NO4. The maximum Gasteiger partial charge on any atom is 0.0700 e. The molecule has 1 unspecified atom stereocenters. The summed E-state index contributed by atoms with van der Waals surface area (Å²) in [6.45, 7) is 5.41. The second kappa shape index (κ2) is 11.9. The fourth-order valence-electron chi connectivity index (χ4n) is 1.50. The zero-order chi connectivity index (χ0) is 13.7. The number of hydrogen-bond acceptors (Lipinski definition) is 5. The molecular weight excluding hydrogens is 234 g/mol. The first-order valence-corrected chi connectivity index (χ1v) is 6.72. The summed E-state index contributed by atoms with van der Waals surface area (Å²) in [6, 6.07) is 0. The summed E-state index contributed by atoms with van der Waals surface area (Å²) >= 11 is 0. The molecule has 3 N–H and O–H groups in total.